The Kier molecular flexibility index (Phi) is 6.37. The van der Waals surface area contributed by atoms with Gasteiger partial charge in [0.25, 0.3) is 0 Å². The average Bonchev–Trinajstić information content (AvgIpc) is 2.62. The van der Waals surface area contributed by atoms with Crippen molar-refractivity contribution in [1.29, 1.82) is 0 Å². The maximum Gasteiger partial charge on any atom is 0.313 e. The molecular weight excluding hydrogens is 304 g/mol. The number of aryl methyl sites for hydroxylation is 1. The number of carbonyl (C=O) groups excluding carboxylic acids is 2. The molecule has 0 heterocycles. The van der Waals surface area contributed by atoms with Gasteiger partial charge in [-0.3, -0.25) is 9.59 Å². The monoisotopic (exact) mass is 326 g/mol. The molecule has 0 spiro atoms. The number of methoxy groups -OCH3 is 1. The lowest BCUT2D eigenvalue weighted by molar-refractivity contribution is -0.136. The Hall–Kier alpha value is -2.82. The van der Waals surface area contributed by atoms with E-state index in [0.29, 0.717) is 18.7 Å². The summed E-state index contributed by atoms with van der Waals surface area (Å²) < 4.78 is 5.26. The Morgan fingerprint density at radius 3 is 2.38 bits per heavy atom. The van der Waals surface area contributed by atoms with Crippen molar-refractivity contribution in [2.45, 2.75) is 19.8 Å². The number of nitrogens with one attached hydrogen (secondary N) is 2. The van der Waals surface area contributed by atoms with Gasteiger partial charge in [-0.1, -0.05) is 37.3 Å². The molecular formula is C19H22N2O3. The SMILES string of the molecule is CCc1ccc(NC(=O)C(=O)NCCc2ccccc2OC)cc1. The number of rotatable bonds is 6. The van der Waals surface area contributed by atoms with Gasteiger partial charge in [-0.15, -0.1) is 0 Å². The molecule has 5 nitrogen and oxygen atoms in total. The summed E-state index contributed by atoms with van der Waals surface area (Å²) in [6.45, 7) is 2.42. The van der Waals surface area contributed by atoms with Crippen LogP contribution in [0.25, 0.3) is 0 Å². The second kappa shape index (κ2) is 8.72. The molecule has 0 aromatic heterocycles. The minimum Gasteiger partial charge on any atom is -0.496 e. The van der Waals surface area contributed by atoms with Crippen molar-refractivity contribution in [3.05, 3.63) is 59.7 Å². The number of ether oxygens (including phenoxy) is 1. The Morgan fingerprint density at radius 2 is 1.71 bits per heavy atom. The van der Waals surface area contributed by atoms with Crippen LogP contribution in [0.5, 0.6) is 5.75 Å². The van der Waals surface area contributed by atoms with E-state index in [9.17, 15) is 9.59 Å². The number of carbonyl (C=O) groups is 2. The van der Waals surface area contributed by atoms with Crippen LogP contribution in [-0.2, 0) is 22.4 Å². The predicted octanol–water partition coefficient (Wildman–Crippen LogP) is 2.56. The third kappa shape index (κ3) is 4.84. The highest BCUT2D eigenvalue weighted by Crippen LogP contribution is 2.17. The van der Waals surface area contributed by atoms with Crippen molar-refractivity contribution in [1.82, 2.24) is 5.32 Å². The predicted molar refractivity (Wildman–Crippen MR) is 94.2 cm³/mol. The van der Waals surface area contributed by atoms with E-state index in [4.69, 9.17) is 4.74 Å². The highest BCUT2D eigenvalue weighted by molar-refractivity contribution is 6.39. The minimum absolute atomic E-state index is 0.362. The first-order valence-electron chi connectivity index (χ1n) is 7.94. The average molecular weight is 326 g/mol. The van der Waals surface area contributed by atoms with Crippen LogP contribution in [0.1, 0.15) is 18.1 Å². The molecule has 0 radical (unpaired) electrons. The van der Waals surface area contributed by atoms with E-state index in [0.717, 1.165) is 17.7 Å². The highest BCUT2D eigenvalue weighted by atomic mass is 16.5. The molecule has 2 N–H and O–H groups in total. The van der Waals surface area contributed by atoms with Crippen LogP contribution in [-0.4, -0.2) is 25.5 Å². The fourth-order valence-electron chi connectivity index (χ4n) is 2.31. The van der Waals surface area contributed by atoms with Crippen molar-refractivity contribution < 1.29 is 14.3 Å². The van der Waals surface area contributed by atoms with Gasteiger partial charge < -0.3 is 15.4 Å². The standard InChI is InChI=1S/C19H22N2O3/c1-3-14-8-10-16(11-9-14)21-19(23)18(22)20-13-12-15-6-4-5-7-17(15)24-2/h4-11H,3,12-13H2,1-2H3,(H,20,22)(H,21,23). The van der Waals surface area contributed by atoms with Crippen molar-refractivity contribution in [3.8, 4) is 5.75 Å². The van der Waals surface area contributed by atoms with Gasteiger partial charge in [0.05, 0.1) is 7.11 Å². The van der Waals surface area contributed by atoms with Gasteiger partial charge in [-0.25, -0.2) is 0 Å². The molecule has 0 aliphatic rings. The lowest BCUT2D eigenvalue weighted by atomic mass is 10.1. The van der Waals surface area contributed by atoms with Gasteiger partial charge in [0.1, 0.15) is 5.75 Å². The van der Waals surface area contributed by atoms with Crippen molar-refractivity contribution in [2.75, 3.05) is 19.0 Å². The molecule has 0 atom stereocenters. The van der Waals surface area contributed by atoms with Crippen LogP contribution in [0.2, 0.25) is 0 Å². The van der Waals surface area contributed by atoms with Gasteiger partial charge in [-0.2, -0.15) is 0 Å². The molecule has 2 aromatic rings. The molecule has 0 aliphatic carbocycles. The van der Waals surface area contributed by atoms with Gasteiger partial charge in [0, 0.05) is 12.2 Å². The molecule has 126 valence electrons. The fourth-order valence-corrected chi connectivity index (χ4v) is 2.31. The van der Waals surface area contributed by atoms with E-state index in [1.807, 2.05) is 36.4 Å². The van der Waals surface area contributed by atoms with E-state index in [2.05, 4.69) is 17.6 Å². The van der Waals surface area contributed by atoms with Crippen molar-refractivity contribution in [2.24, 2.45) is 0 Å². The topological polar surface area (TPSA) is 67.4 Å². The molecule has 0 bridgehead atoms. The molecule has 24 heavy (non-hydrogen) atoms. The molecule has 0 aliphatic heterocycles. The Balaban J connectivity index is 1.82. The quantitative estimate of drug-likeness (QED) is 0.802. The fraction of sp³-hybridized carbons (Fsp3) is 0.263. The number of hydrogen-bond donors (Lipinski definition) is 2. The van der Waals surface area contributed by atoms with Gasteiger partial charge in [0.15, 0.2) is 0 Å². The zero-order chi connectivity index (χ0) is 17.4. The summed E-state index contributed by atoms with van der Waals surface area (Å²) in [5, 5.41) is 5.21. The van der Waals surface area contributed by atoms with Crippen LogP contribution < -0.4 is 15.4 Å². The van der Waals surface area contributed by atoms with Crippen LogP contribution >= 0.6 is 0 Å². The molecule has 2 aromatic carbocycles. The van der Waals surface area contributed by atoms with E-state index in [1.165, 1.54) is 5.56 Å². The largest absolute Gasteiger partial charge is 0.496 e. The first kappa shape index (κ1) is 17.5. The Bertz CT molecular complexity index is 696. The first-order chi connectivity index (χ1) is 11.6. The molecule has 0 saturated heterocycles. The lowest BCUT2D eigenvalue weighted by Gasteiger charge is -2.09. The molecule has 0 unspecified atom stereocenters. The molecule has 2 amide bonds. The van der Waals surface area contributed by atoms with Gasteiger partial charge in [-0.05, 0) is 42.2 Å². The maximum absolute atomic E-state index is 11.9. The van der Waals surface area contributed by atoms with Gasteiger partial charge in [0.2, 0.25) is 0 Å². The van der Waals surface area contributed by atoms with E-state index >= 15 is 0 Å². The third-order valence-electron chi connectivity index (χ3n) is 3.70. The highest BCUT2D eigenvalue weighted by Gasteiger charge is 2.13. The smallest absolute Gasteiger partial charge is 0.313 e. The molecule has 0 saturated carbocycles. The van der Waals surface area contributed by atoms with Crippen LogP contribution in [0.4, 0.5) is 5.69 Å². The number of para-hydroxylation sites is 1. The molecule has 0 fully saturated rings. The normalized spacial score (nSPS) is 10.1. The number of anilines is 1. The number of benzene rings is 2. The van der Waals surface area contributed by atoms with E-state index < -0.39 is 11.8 Å². The lowest BCUT2D eigenvalue weighted by Crippen LogP contribution is -2.36. The summed E-state index contributed by atoms with van der Waals surface area (Å²) in [5.41, 5.74) is 2.77. The zero-order valence-electron chi connectivity index (χ0n) is 14.0. The van der Waals surface area contributed by atoms with Crippen molar-refractivity contribution >= 4 is 17.5 Å². The maximum atomic E-state index is 11.9. The van der Waals surface area contributed by atoms with Crippen molar-refractivity contribution in [3.63, 3.8) is 0 Å². The summed E-state index contributed by atoms with van der Waals surface area (Å²) in [7, 11) is 1.61. The molecule has 2 rings (SSSR count). The first-order valence-corrected chi connectivity index (χ1v) is 7.94. The van der Waals surface area contributed by atoms with Crippen LogP contribution in [0.15, 0.2) is 48.5 Å². The third-order valence-corrected chi connectivity index (χ3v) is 3.70. The summed E-state index contributed by atoms with van der Waals surface area (Å²) >= 11 is 0. The second-order valence-corrected chi connectivity index (χ2v) is 5.32. The summed E-state index contributed by atoms with van der Waals surface area (Å²) in [6, 6.07) is 15.0. The van der Waals surface area contributed by atoms with Crippen LogP contribution in [0.3, 0.4) is 0 Å². The zero-order valence-corrected chi connectivity index (χ0v) is 14.0. The summed E-state index contributed by atoms with van der Waals surface area (Å²) in [6.07, 6.45) is 1.52. The Labute approximate surface area is 142 Å². The minimum atomic E-state index is -0.667. The van der Waals surface area contributed by atoms with E-state index in [-0.39, 0.29) is 0 Å². The molecule has 5 heteroatoms. The Morgan fingerprint density at radius 1 is 1.00 bits per heavy atom. The summed E-state index contributed by atoms with van der Waals surface area (Å²) in [5.74, 6) is -0.545. The number of hydrogen-bond acceptors (Lipinski definition) is 3. The number of amides is 2. The van der Waals surface area contributed by atoms with E-state index in [1.54, 1.807) is 19.2 Å². The second-order valence-electron chi connectivity index (χ2n) is 5.32. The van der Waals surface area contributed by atoms with Crippen LogP contribution in [0, 0.1) is 0 Å². The van der Waals surface area contributed by atoms with Gasteiger partial charge >= 0.3 is 11.8 Å². The summed E-state index contributed by atoms with van der Waals surface area (Å²) in [4.78, 5) is 23.7.